The molecule has 0 bridgehead atoms. The largest absolute Gasteiger partial charge is 0.498 e. The quantitative estimate of drug-likeness (QED) is 0.531. The van der Waals surface area contributed by atoms with Gasteiger partial charge < -0.3 is 9.62 Å². The van der Waals surface area contributed by atoms with Crippen LogP contribution < -0.4 is 4.84 Å². The van der Waals surface area contributed by atoms with Gasteiger partial charge in [0.25, 0.3) is 0 Å². The lowest BCUT2D eigenvalue weighted by molar-refractivity contribution is 0.472. The summed E-state index contributed by atoms with van der Waals surface area (Å²) in [4.78, 5) is 8.95. The second kappa shape index (κ2) is 6.33. The predicted octanol–water partition coefficient (Wildman–Crippen LogP) is 4.40. The topological polar surface area (TPSA) is 67.0 Å². The van der Waals surface area contributed by atoms with E-state index in [1.54, 1.807) is 54.7 Å². The van der Waals surface area contributed by atoms with Gasteiger partial charge in [0.2, 0.25) is 11.6 Å². The first kappa shape index (κ1) is 14.2. The summed E-state index contributed by atoms with van der Waals surface area (Å²) in [6, 6.07) is 16.2. The Morgan fingerprint density at radius 1 is 1.04 bits per heavy atom. The standard InChI is InChI=1S/C17H9N3O3/c1-18-23-15-8-6-14(7-9-15)17-19-11-16(22-17)13-4-2-12(3-5-13)10-20-21/h2-9,11H. The van der Waals surface area contributed by atoms with Crippen LogP contribution in [0, 0.1) is 17.8 Å². The highest BCUT2D eigenvalue weighted by molar-refractivity contribution is 5.62. The van der Waals surface area contributed by atoms with E-state index in [1.807, 2.05) is 0 Å². The summed E-state index contributed by atoms with van der Waals surface area (Å²) in [6.45, 7) is 6.64. The molecule has 6 nitrogen and oxygen atoms in total. The third-order valence-corrected chi connectivity index (χ3v) is 3.10. The minimum atomic E-state index is 0.461. The van der Waals surface area contributed by atoms with Crippen LogP contribution in [0.3, 0.4) is 0 Å². The van der Waals surface area contributed by atoms with Crippen molar-refractivity contribution in [1.29, 1.82) is 0 Å². The molecule has 0 radical (unpaired) electrons. The highest BCUT2D eigenvalue weighted by atomic mass is 16.6. The van der Waals surface area contributed by atoms with Gasteiger partial charge in [-0.2, -0.15) is 11.4 Å². The number of benzene rings is 2. The molecule has 0 atom stereocenters. The number of hydrogen-bond acceptors (Lipinski definition) is 4. The Morgan fingerprint density at radius 2 is 1.74 bits per heavy atom. The SMILES string of the molecule is [C-]#[N+]Oc1ccc(-c2ncc(-c3ccc(C#[N+][O-])cc3)o2)cc1. The maximum atomic E-state index is 10.1. The summed E-state index contributed by atoms with van der Waals surface area (Å²) in [5.74, 6) is 1.53. The maximum absolute atomic E-state index is 10.1. The summed E-state index contributed by atoms with van der Waals surface area (Å²) in [7, 11) is 0. The fraction of sp³-hybridized carbons (Fsp3) is 0. The van der Waals surface area contributed by atoms with Crippen molar-refractivity contribution in [2.24, 2.45) is 0 Å². The van der Waals surface area contributed by atoms with Gasteiger partial charge in [-0.15, -0.1) is 0 Å². The average molecular weight is 303 g/mol. The summed E-state index contributed by atoms with van der Waals surface area (Å²) in [5, 5.41) is 15.6. The van der Waals surface area contributed by atoms with Gasteiger partial charge in [0.15, 0.2) is 5.76 Å². The molecule has 0 saturated heterocycles. The van der Waals surface area contributed by atoms with E-state index in [0.717, 1.165) is 11.1 Å². The number of rotatable bonds is 3. The molecular weight excluding hydrogens is 294 g/mol. The Bertz CT molecular complexity index is 911. The molecule has 0 saturated carbocycles. The molecule has 23 heavy (non-hydrogen) atoms. The van der Waals surface area contributed by atoms with Crippen molar-refractivity contribution >= 4 is 0 Å². The van der Waals surface area contributed by atoms with Gasteiger partial charge in [0.1, 0.15) is 5.56 Å². The highest BCUT2D eigenvalue weighted by Crippen LogP contribution is 2.27. The molecule has 0 N–H and O–H groups in total. The first-order valence-electron chi connectivity index (χ1n) is 6.59. The summed E-state index contributed by atoms with van der Waals surface area (Å²) >= 11 is 0. The smallest absolute Gasteiger partial charge is 0.336 e. The van der Waals surface area contributed by atoms with Crippen molar-refractivity contribution in [1.82, 2.24) is 4.98 Å². The Morgan fingerprint density at radius 3 is 2.39 bits per heavy atom. The van der Waals surface area contributed by atoms with E-state index >= 15 is 0 Å². The van der Waals surface area contributed by atoms with Gasteiger partial charge in [0.05, 0.1) is 6.20 Å². The van der Waals surface area contributed by atoms with Gasteiger partial charge in [-0.25, -0.2) is 4.98 Å². The molecular formula is C17H9N3O3. The first-order chi connectivity index (χ1) is 11.3. The van der Waals surface area contributed by atoms with E-state index < -0.39 is 0 Å². The Balaban J connectivity index is 1.84. The molecule has 1 aromatic heterocycles. The zero-order valence-electron chi connectivity index (χ0n) is 11.8. The van der Waals surface area contributed by atoms with Crippen LogP contribution in [-0.4, -0.2) is 4.98 Å². The molecule has 0 spiro atoms. The van der Waals surface area contributed by atoms with Crippen molar-refractivity contribution in [3.05, 3.63) is 82.1 Å². The van der Waals surface area contributed by atoms with Gasteiger partial charge >= 0.3 is 6.07 Å². The van der Waals surface area contributed by atoms with Crippen LogP contribution in [0.5, 0.6) is 5.75 Å². The second-order valence-electron chi connectivity index (χ2n) is 4.52. The van der Waals surface area contributed by atoms with Crippen molar-refractivity contribution in [3.63, 3.8) is 0 Å². The Labute approximate surface area is 131 Å². The third-order valence-electron chi connectivity index (χ3n) is 3.10. The van der Waals surface area contributed by atoms with Crippen LogP contribution in [0.15, 0.2) is 59.1 Å². The van der Waals surface area contributed by atoms with Gasteiger partial charge in [-0.3, -0.25) is 0 Å². The summed E-state index contributed by atoms with van der Waals surface area (Å²) in [6.07, 6.45) is 1.62. The number of aromatic nitrogens is 1. The Kier molecular flexibility index (Phi) is 3.91. The lowest BCUT2D eigenvalue weighted by Crippen LogP contribution is -1.80. The average Bonchev–Trinajstić information content (AvgIpc) is 3.07. The minimum absolute atomic E-state index is 0.461. The summed E-state index contributed by atoms with van der Waals surface area (Å²) < 4.78 is 5.74. The molecule has 0 aliphatic carbocycles. The van der Waals surface area contributed by atoms with Crippen molar-refractivity contribution in [2.45, 2.75) is 0 Å². The summed E-state index contributed by atoms with van der Waals surface area (Å²) in [5.41, 5.74) is 2.20. The number of nitrogens with zero attached hydrogens (tertiary/aromatic N) is 3. The van der Waals surface area contributed by atoms with Crippen LogP contribution in [0.4, 0.5) is 0 Å². The third kappa shape index (κ3) is 3.12. The molecule has 3 aromatic rings. The molecule has 110 valence electrons. The van der Waals surface area contributed by atoms with Crippen LogP contribution in [0.1, 0.15) is 5.56 Å². The molecule has 3 rings (SSSR count). The van der Waals surface area contributed by atoms with Crippen molar-refractivity contribution in [2.75, 3.05) is 0 Å². The zero-order chi connectivity index (χ0) is 16.1. The molecule has 0 aliphatic heterocycles. The molecule has 0 aliphatic rings. The number of oxazole rings is 1. The second-order valence-corrected chi connectivity index (χ2v) is 4.52. The van der Waals surface area contributed by atoms with Crippen LogP contribution in [-0.2, 0) is 0 Å². The van der Waals surface area contributed by atoms with Crippen LogP contribution in [0.25, 0.3) is 32.8 Å². The maximum Gasteiger partial charge on any atom is 0.336 e. The zero-order valence-corrected chi connectivity index (χ0v) is 11.8. The van der Waals surface area contributed by atoms with Crippen molar-refractivity contribution in [3.8, 4) is 34.6 Å². The lowest BCUT2D eigenvalue weighted by atomic mass is 10.1. The van der Waals surface area contributed by atoms with E-state index in [2.05, 4.69) is 21.1 Å². The minimum Gasteiger partial charge on any atom is -0.498 e. The van der Waals surface area contributed by atoms with Crippen LogP contribution >= 0.6 is 0 Å². The molecule has 1 heterocycles. The molecule has 6 heteroatoms. The highest BCUT2D eigenvalue weighted by Gasteiger charge is 2.09. The fourth-order valence-corrected chi connectivity index (χ4v) is 2.01. The van der Waals surface area contributed by atoms with E-state index in [4.69, 9.17) is 15.8 Å². The fourth-order valence-electron chi connectivity index (χ4n) is 2.01. The van der Waals surface area contributed by atoms with Gasteiger partial charge in [0, 0.05) is 16.1 Å². The normalized spacial score (nSPS) is 9.52. The van der Waals surface area contributed by atoms with E-state index in [1.165, 1.54) is 0 Å². The lowest BCUT2D eigenvalue weighted by Gasteiger charge is -1.97. The van der Waals surface area contributed by atoms with E-state index in [0.29, 0.717) is 23.0 Å². The van der Waals surface area contributed by atoms with Gasteiger partial charge in [-0.1, -0.05) is 0 Å². The molecule has 0 unspecified atom stereocenters. The molecule has 2 aromatic carbocycles. The predicted molar refractivity (Wildman–Crippen MR) is 84.3 cm³/mol. The Hall–Kier alpha value is -3.77. The van der Waals surface area contributed by atoms with Crippen molar-refractivity contribution < 1.29 is 9.25 Å². The monoisotopic (exact) mass is 303 g/mol. The first-order valence-corrected chi connectivity index (χ1v) is 6.59. The molecule has 0 fully saturated rings. The van der Waals surface area contributed by atoms with E-state index in [-0.39, 0.29) is 0 Å². The van der Waals surface area contributed by atoms with E-state index in [9.17, 15) is 5.21 Å². The van der Waals surface area contributed by atoms with Crippen LogP contribution in [0.2, 0.25) is 0 Å². The van der Waals surface area contributed by atoms with Gasteiger partial charge in [-0.05, 0) is 53.5 Å². The molecule has 0 amide bonds. The number of hydrogen-bond donors (Lipinski definition) is 0.